The number of hydrogen-bond acceptors (Lipinski definition) is 5. The lowest BCUT2D eigenvalue weighted by Gasteiger charge is -2.24. The lowest BCUT2D eigenvalue weighted by atomic mass is 9.92. The van der Waals surface area contributed by atoms with Crippen LogP contribution < -0.4 is 9.64 Å². The Kier molecular flexibility index (Phi) is 3.90. The molecule has 0 radical (unpaired) electrons. The van der Waals surface area contributed by atoms with Gasteiger partial charge in [0.25, 0.3) is 0 Å². The van der Waals surface area contributed by atoms with Gasteiger partial charge in [0.2, 0.25) is 11.8 Å². The van der Waals surface area contributed by atoms with E-state index >= 15 is 0 Å². The number of carbonyl (C=O) groups excluding carboxylic acids is 1. The van der Waals surface area contributed by atoms with E-state index in [4.69, 9.17) is 4.74 Å². The molecule has 24 heavy (non-hydrogen) atoms. The summed E-state index contributed by atoms with van der Waals surface area (Å²) >= 11 is 0. The highest BCUT2D eigenvalue weighted by Crippen LogP contribution is 2.44. The quantitative estimate of drug-likeness (QED) is 0.788. The van der Waals surface area contributed by atoms with Crippen molar-refractivity contribution in [1.82, 2.24) is 15.1 Å². The molecule has 128 valence electrons. The van der Waals surface area contributed by atoms with Gasteiger partial charge < -0.3 is 14.5 Å². The van der Waals surface area contributed by atoms with Crippen LogP contribution in [-0.4, -0.2) is 54.3 Å². The molecule has 2 bridgehead atoms. The van der Waals surface area contributed by atoms with E-state index < -0.39 is 0 Å². The van der Waals surface area contributed by atoms with E-state index in [1.807, 2.05) is 36.0 Å². The predicted octanol–water partition coefficient (Wildman–Crippen LogP) is 1.73. The molecule has 2 aliphatic carbocycles. The van der Waals surface area contributed by atoms with E-state index in [0.717, 1.165) is 31.6 Å². The molecular weight excluding hydrogens is 304 g/mol. The van der Waals surface area contributed by atoms with E-state index in [0.29, 0.717) is 30.2 Å². The second-order valence-corrected chi connectivity index (χ2v) is 7.32. The summed E-state index contributed by atoms with van der Waals surface area (Å²) in [6, 6.07) is 3.73. The Morgan fingerprint density at radius 3 is 2.75 bits per heavy atom. The second-order valence-electron chi connectivity index (χ2n) is 7.32. The van der Waals surface area contributed by atoms with Gasteiger partial charge in [-0.1, -0.05) is 12.2 Å². The molecular formula is C18H24N4O2. The monoisotopic (exact) mass is 328 g/mol. The van der Waals surface area contributed by atoms with Crippen LogP contribution in [0.25, 0.3) is 0 Å². The zero-order valence-corrected chi connectivity index (χ0v) is 14.3. The van der Waals surface area contributed by atoms with Crippen LogP contribution in [0, 0.1) is 17.8 Å². The van der Waals surface area contributed by atoms with E-state index in [9.17, 15) is 4.79 Å². The molecule has 4 unspecified atom stereocenters. The zero-order valence-electron chi connectivity index (χ0n) is 14.3. The number of rotatable bonds is 4. The number of aromatic nitrogens is 2. The molecule has 1 aliphatic heterocycles. The van der Waals surface area contributed by atoms with Crippen LogP contribution in [0.1, 0.15) is 19.3 Å². The van der Waals surface area contributed by atoms with Gasteiger partial charge in [0.1, 0.15) is 6.10 Å². The third-order valence-corrected chi connectivity index (χ3v) is 5.42. The van der Waals surface area contributed by atoms with Crippen LogP contribution in [0.15, 0.2) is 24.3 Å². The molecule has 1 amide bonds. The van der Waals surface area contributed by atoms with Gasteiger partial charge in [-0.05, 0) is 30.7 Å². The normalized spacial score (nSPS) is 30.8. The number of hydrogen-bond donors (Lipinski definition) is 0. The van der Waals surface area contributed by atoms with Gasteiger partial charge >= 0.3 is 0 Å². The second kappa shape index (κ2) is 6.07. The number of fused-ring (bicyclic) bond motifs is 2. The molecule has 1 aromatic rings. The van der Waals surface area contributed by atoms with Crippen molar-refractivity contribution in [3.63, 3.8) is 0 Å². The van der Waals surface area contributed by atoms with E-state index in [-0.39, 0.29) is 12.0 Å². The number of ether oxygens (including phenoxy) is 1. The Labute approximate surface area is 142 Å². The first kappa shape index (κ1) is 15.4. The zero-order chi connectivity index (χ0) is 16.7. The van der Waals surface area contributed by atoms with Crippen LogP contribution in [0.2, 0.25) is 0 Å². The molecule has 2 fully saturated rings. The molecule has 0 spiro atoms. The maximum atomic E-state index is 12.8. The van der Waals surface area contributed by atoms with Crippen LogP contribution in [-0.2, 0) is 4.79 Å². The fourth-order valence-electron chi connectivity index (χ4n) is 4.11. The molecule has 2 heterocycles. The lowest BCUT2D eigenvalue weighted by molar-refractivity contribution is -0.135. The molecule has 1 saturated carbocycles. The van der Waals surface area contributed by atoms with Gasteiger partial charge in [0.05, 0.1) is 6.54 Å². The van der Waals surface area contributed by atoms with Gasteiger partial charge in [-0.2, -0.15) is 0 Å². The molecule has 1 saturated heterocycles. The van der Waals surface area contributed by atoms with Crippen molar-refractivity contribution < 1.29 is 9.53 Å². The summed E-state index contributed by atoms with van der Waals surface area (Å²) in [7, 11) is 3.85. The van der Waals surface area contributed by atoms with Crippen molar-refractivity contribution in [2.45, 2.75) is 25.4 Å². The highest BCUT2D eigenvalue weighted by molar-refractivity contribution is 5.80. The third-order valence-electron chi connectivity index (χ3n) is 5.42. The number of nitrogens with zero attached hydrogens (tertiary/aromatic N) is 4. The number of anilines is 1. The summed E-state index contributed by atoms with van der Waals surface area (Å²) in [4.78, 5) is 16.6. The summed E-state index contributed by atoms with van der Waals surface area (Å²) in [6.45, 7) is 1.44. The fraction of sp³-hybridized carbons (Fsp3) is 0.611. The van der Waals surface area contributed by atoms with E-state index in [1.165, 1.54) is 0 Å². The average Bonchev–Trinajstić information content (AvgIpc) is 3.31. The predicted molar refractivity (Wildman–Crippen MR) is 90.8 cm³/mol. The van der Waals surface area contributed by atoms with Crippen LogP contribution in [0.4, 0.5) is 5.82 Å². The van der Waals surface area contributed by atoms with Crippen molar-refractivity contribution in [3.8, 4) is 5.88 Å². The van der Waals surface area contributed by atoms with Crippen LogP contribution in [0.3, 0.4) is 0 Å². The maximum absolute atomic E-state index is 12.8. The summed E-state index contributed by atoms with van der Waals surface area (Å²) in [5.74, 6) is 2.93. The smallest absolute Gasteiger partial charge is 0.233 e. The first-order chi connectivity index (χ1) is 11.6. The van der Waals surface area contributed by atoms with Crippen molar-refractivity contribution in [2.24, 2.45) is 17.8 Å². The molecule has 6 heteroatoms. The largest absolute Gasteiger partial charge is 0.471 e. The maximum Gasteiger partial charge on any atom is 0.233 e. The molecule has 0 N–H and O–H groups in total. The Morgan fingerprint density at radius 2 is 2.12 bits per heavy atom. The van der Waals surface area contributed by atoms with Gasteiger partial charge in [-0.3, -0.25) is 4.79 Å². The minimum Gasteiger partial charge on any atom is -0.471 e. The number of amides is 1. The third kappa shape index (κ3) is 2.85. The minimum atomic E-state index is 0.0163. The van der Waals surface area contributed by atoms with Crippen molar-refractivity contribution in [2.75, 3.05) is 32.1 Å². The Bertz CT molecular complexity index is 643. The van der Waals surface area contributed by atoms with Crippen LogP contribution in [0.5, 0.6) is 5.88 Å². The minimum absolute atomic E-state index is 0.0163. The van der Waals surface area contributed by atoms with Gasteiger partial charge in [-0.25, -0.2) is 0 Å². The first-order valence-electron chi connectivity index (χ1n) is 8.75. The number of likely N-dealkylation sites (tertiary alicyclic amines) is 1. The van der Waals surface area contributed by atoms with Gasteiger partial charge in [-0.15, -0.1) is 10.2 Å². The molecule has 6 nitrogen and oxygen atoms in total. The topological polar surface area (TPSA) is 58.6 Å². The molecule has 0 aromatic carbocycles. The summed E-state index contributed by atoms with van der Waals surface area (Å²) < 4.78 is 5.92. The summed E-state index contributed by atoms with van der Waals surface area (Å²) in [5.41, 5.74) is 0. The SMILES string of the molecule is CN(C)c1ccc(OC2CCN(C(=O)C3CC4C=CC3C4)C2)nn1. The highest BCUT2D eigenvalue weighted by Gasteiger charge is 2.42. The summed E-state index contributed by atoms with van der Waals surface area (Å²) in [6.07, 6.45) is 7.59. The van der Waals surface area contributed by atoms with Crippen LogP contribution >= 0.6 is 0 Å². The van der Waals surface area contributed by atoms with Crippen molar-refractivity contribution in [1.29, 1.82) is 0 Å². The Hall–Kier alpha value is -2.11. The number of carbonyl (C=O) groups is 1. The molecule has 4 rings (SSSR count). The molecule has 3 aliphatic rings. The number of allylic oxidation sites excluding steroid dienone is 2. The molecule has 1 aromatic heterocycles. The van der Waals surface area contributed by atoms with E-state index in [1.54, 1.807) is 0 Å². The first-order valence-corrected chi connectivity index (χ1v) is 8.75. The summed E-state index contributed by atoms with van der Waals surface area (Å²) in [5, 5.41) is 8.24. The molecule has 4 atom stereocenters. The Morgan fingerprint density at radius 1 is 1.25 bits per heavy atom. The Balaban J connectivity index is 1.33. The van der Waals surface area contributed by atoms with Crippen molar-refractivity contribution >= 4 is 11.7 Å². The van der Waals surface area contributed by atoms with E-state index in [2.05, 4.69) is 22.3 Å². The van der Waals surface area contributed by atoms with Gasteiger partial charge in [0.15, 0.2) is 5.82 Å². The highest BCUT2D eigenvalue weighted by atomic mass is 16.5. The average molecular weight is 328 g/mol. The van der Waals surface area contributed by atoms with Gasteiger partial charge in [0, 0.05) is 39.0 Å². The lowest BCUT2D eigenvalue weighted by Crippen LogP contribution is -2.37. The fourth-order valence-corrected chi connectivity index (χ4v) is 4.11. The van der Waals surface area contributed by atoms with Crippen molar-refractivity contribution in [3.05, 3.63) is 24.3 Å². The standard InChI is InChI=1S/C18H24N4O2/c1-21(2)16-5-6-17(20-19-16)24-14-7-8-22(11-14)18(23)15-10-12-3-4-13(15)9-12/h3-6,12-15H,7-11H2,1-2H3.